The molecule has 0 amide bonds. The van der Waals surface area contributed by atoms with Crippen LogP contribution in [0.3, 0.4) is 0 Å². The first kappa shape index (κ1) is 22.7. The monoisotopic (exact) mass is 443 g/mol. The third kappa shape index (κ3) is 5.20. The van der Waals surface area contributed by atoms with E-state index in [1.807, 2.05) is 12.1 Å². The molecule has 0 unspecified atom stereocenters. The molecule has 0 spiro atoms. The van der Waals surface area contributed by atoms with Crippen molar-refractivity contribution in [3.8, 4) is 5.75 Å². The Balaban J connectivity index is 1.99. The fourth-order valence-corrected chi connectivity index (χ4v) is 6.20. The van der Waals surface area contributed by atoms with Crippen LogP contribution in [0, 0.1) is 0 Å². The van der Waals surface area contributed by atoms with Gasteiger partial charge in [0.05, 0.1) is 0 Å². The van der Waals surface area contributed by atoms with Crippen molar-refractivity contribution in [2.45, 2.75) is 41.1 Å². The molecule has 0 radical (unpaired) electrons. The molecule has 0 saturated heterocycles. The van der Waals surface area contributed by atoms with E-state index < -0.39 is 26.6 Å². The maximum atomic E-state index is 14.8. The van der Waals surface area contributed by atoms with Gasteiger partial charge in [-0.1, -0.05) is 36.4 Å². The van der Waals surface area contributed by atoms with E-state index in [2.05, 4.69) is 0 Å². The van der Waals surface area contributed by atoms with E-state index in [1.54, 1.807) is 93.6 Å². The van der Waals surface area contributed by atoms with Crippen molar-refractivity contribution in [2.75, 3.05) is 6.61 Å². The van der Waals surface area contributed by atoms with E-state index in [1.165, 1.54) is 0 Å². The Morgan fingerprint density at radius 1 is 0.774 bits per heavy atom. The second-order valence-electron chi connectivity index (χ2n) is 7.81. The Hall–Kier alpha value is -2.99. The molecule has 3 aromatic carbocycles. The molecule has 3 aromatic rings. The van der Waals surface area contributed by atoms with E-state index in [4.69, 9.17) is 9.47 Å². The van der Waals surface area contributed by atoms with Gasteiger partial charge in [0.15, 0.2) is 6.61 Å². The number of carbonyl (C=O) groups excluding carboxylic acids is 1. The Bertz CT molecular complexity index is 1030. The van der Waals surface area contributed by atoms with E-state index in [0.29, 0.717) is 20.4 Å². The molecule has 0 aliphatic carbocycles. The molecule has 31 heavy (non-hydrogen) atoms. The van der Waals surface area contributed by atoms with Gasteiger partial charge in [0.25, 0.3) is 0 Å². The number of esters is 1. The van der Waals surface area contributed by atoms with Gasteiger partial charge in [0, 0.05) is 9.62 Å². The van der Waals surface area contributed by atoms with Crippen molar-refractivity contribution in [1.29, 1.82) is 0 Å². The quantitative estimate of drug-likeness (QED) is 0.201. The number of ether oxygens (including phenoxy) is 2. The molecule has 0 aliphatic rings. The third-order valence-electron chi connectivity index (χ3n) is 4.38. The number of carbonyl (C=O) groups is 1. The maximum Gasteiger partial charge on any atom is 0.436 e. The Labute approximate surface area is 182 Å². The van der Waals surface area contributed by atoms with Crippen molar-refractivity contribution in [1.82, 2.24) is 0 Å². The minimum Gasteiger partial charge on any atom is -0.482 e. The molecule has 0 heterocycles. The van der Waals surface area contributed by atoms with E-state index in [-0.39, 0.29) is 6.61 Å². The van der Waals surface area contributed by atoms with Crippen LogP contribution in [0.15, 0.2) is 99.6 Å². The van der Waals surface area contributed by atoms with Crippen molar-refractivity contribution < 1.29 is 23.0 Å². The number of halogens is 2. The minimum absolute atomic E-state index is 0.254. The van der Waals surface area contributed by atoms with Gasteiger partial charge in [0.2, 0.25) is 0 Å². The Morgan fingerprint density at radius 2 is 1.23 bits per heavy atom. The van der Waals surface area contributed by atoms with Crippen molar-refractivity contribution >= 4 is 21.0 Å². The van der Waals surface area contributed by atoms with Crippen LogP contribution < -0.4 is 4.74 Å². The third-order valence-corrected chi connectivity index (χ3v) is 7.78. The average Bonchev–Trinajstić information content (AvgIpc) is 2.74. The molecule has 3 rings (SSSR count). The Kier molecular flexibility index (Phi) is 6.91. The normalized spacial score (nSPS) is 11.6. The molecule has 0 aromatic heterocycles. The molecule has 0 N–H and O–H groups in total. The summed E-state index contributed by atoms with van der Waals surface area (Å²) in [6, 6.07) is 24.1. The zero-order chi connectivity index (χ0) is 22.5. The highest BCUT2D eigenvalue weighted by molar-refractivity contribution is 8.12. The smallest absolute Gasteiger partial charge is 0.436 e. The van der Waals surface area contributed by atoms with Crippen LogP contribution >= 0.6 is 0 Å². The van der Waals surface area contributed by atoms with Crippen LogP contribution in [0.1, 0.15) is 20.8 Å². The predicted molar refractivity (Wildman–Crippen MR) is 120 cm³/mol. The summed E-state index contributed by atoms with van der Waals surface area (Å²) in [7, 11) is -2.89. The Morgan fingerprint density at radius 3 is 1.65 bits per heavy atom. The van der Waals surface area contributed by atoms with Gasteiger partial charge in [0.1, 0.15) is 26.0 Å². The molecule has 6 heteroatoms. The zero-order valence-corrected chi connectivity index (χ0v) is 18.5. The summed E-state index contributed by atoms with van der Waals surface area (Å²) in [5.41, 5.74) is -0.604. The van der Waals surface area contributed by atoms with Gasteiger partial charge in [-0.25, -0.2) is 4.79 Å². The highest BCUT2D eigenvalue weighted by Gasteiger charge is 2.39. The lowest BCUT2D eigenvalue weighted by molar-refractivity contribution is -0.157. The molecule has 0 aliphatic heterocycles. The number of hydrogen-bond donors (Lipinski definition) is 0. The molecule has 3 nitrogen and oxygen atoms in total. The van der Waals surface area contributed by atoms with Crippen LogP contribution in [0.2, 0.25) is 0 Å². The van der Waals surface area contributed by atoms with Crippen molar-refractivity contribution in [3.63, 3.8) is 0 Å². The summed E-state index contributed by atoms with van der Waals surface area (Å²) < 4.78 is 40.3. The van der Waals surface area contributed by atoms with Gasteiger partial charge < -0.3 is 9.47 Å². The van der Waals surface area contributed by atoms with Crippen molar-refractivity contribution in [3.05, 3.63) is 84.9 Å². The van der Waals surface area contributed by atoms with Gasteiger partial charge in [-0.05, 0) is 69.3 Å². The molecular weight excluding hydrogens is 418 g/mol. The van der Waals surface area contributed by atoms with Crippen LogP contribution in [-0.2, 0) is 19.1 Å². The fraction of sp³-hybridized carbons (Fsp3) is 0.200. The average molecular weight is 444 g/mol. The molecule has 162 valence electrons. The molecular formula is C25H25F2O3S+. The fourth-order valence-electron chi connectivity index (χ4n) is 3.18. The first-order valence-electron chi connectivity index (χ1n) is 9.80. The topological polar surface area (TPSA) is 35.5 Å². The summed E-state index contributed by atoms with van der Waals surface area (Å²) >= 11 is 0. The van der Waals surface area contributed by atoms with E-state index in [9.17, 15) is 13.6 Å². The molecule has 0 fully saturated rings. The highest BCUT2D eigenvalue weighted by Crippen LogP contribution is 2.40. The lowest BCUT2D eigenvalue weighted by Crippen LogP contribution is -2.27. The SMILES string of the molecule is CC(C)(C)OC(=O)COc1ccc([S+](=C(F)F)(c2ccccc2)c2ccccc2)cc1. The van der Waals surface area contributed by atoms with Gasteiger partial charge in [-0.2, -0.15) is 0 Å². The minimum atomic E-state index is -2.89. The zero-order valence-electron chi connectivity index (χ0n) is 17.7. The number of rotatable bonds is 6. The second kappa shape index (κ2) is 9.43. The molecule has 0 saturated carbocycles. The van der Waals surface area contributed by atoms with Gasteiger partial charge in [-0.3, -0.25) is 0 Å². The number of hydrogen-bond acceptors (Lipinski definition) is 3. The van der Waals surface area contributed by atoms with Crippen molar-refractivity contribution in [2.24, 2.45) is 0 Å². The second-order valence-corrected chi connectivity index (χ2v) is 10.8. The molecule has 0 atom stereocenters. The maximum absolute atomic E-state index is 14.8. The predicted octanol–water partition coefficient (Wildman–Crippen LogP) is 6.06. The first-order chi connectivity index (χ1) is 14.7. The van der Waals surface area contributed by atoms with E-state index >= 15 is 0 Å². The van der Waals surface area contributed by atoms with Crippen LogP contribution in [-0.4, -0.2) is 23.5 Å². The van der Waals surface area contributed by atoms with Crippen LogP contribution in [0.5, 0.6) is 5.75 Å². The van der Waals surface area contributed by atoms with Crippen LogP contribution in [0.4, 0.5) is 8.78 Å². The first-order valence-corrected chi connectivity index (χ1v) is 11.4. The highest BCUT2D eigenvalue weighted by atomic mass is 32.2. The number of benzene rings is 3. The lowest BCUT2D eigenvalue weighted by atomic mass is 10.2. The van der Waals surface area contributed by atoms with Gasteiger partial charge >= 0.3 is 11.3 Å². The summed E-state index contributed by atoms with van der Waals surface area (Å²) in [6.07, 6.45) is 0. The molecule has 0 bridgehead atoms. The summed E-state index contributed by atoms with van der Waals surface area (Å²) in [6.45, 7) is 5.07. The summed E-state index contributed by atoms with van der Waals surface area (Å²) in [5.74, 6) is -0.0865. The largest absolute Gasteiger partial charge is 0.482 e. The summed E-state index contributed by atoms with van der Waals surface area (Å²) in [4.78, 5) is 13.4. The summed E-state index contributed by atoms with van der Waals surface area (Å²) in [5, 5.41) is -1.65. The van der Waals surface area contributed by atoms with E-state index in [0.717, 1.165) is 0 Å². The standard InChI is InChI=1S/C25H25F2O3S/c1-25(2,3)30-23(28)18-29-19-14-16-22(17-15-19)31(24(26)27,20-10-6-4-7-11-20)21-12-8-5-9-13-21/h4-17H,18H2,1-3H3/q+1. The van der Waals surface area contributed by atoms with Gasteiger partial charge in [-0.15, -0.1) is 8.78 Å². The lowest BCUT2D eigenvalue weighted by Gasteiger charge is -2.20. The van der Waals surface area contributed by atoms with Crippen LogP contribution in [0.25, 0.3) is 0 Å².